The number of hydrogen-bond acceptors (Lipinski definition) is 2. The van der Waals surface area contributed by atoms with Gasteiger partial charge in [0, 0.05) is 16.7 Å². The van der Waals surface area contributed by atoms with Crippen LogP contribution in [-0.4, -0.2) is 11.4 Å². The Kier molecular flexibility index (Phi) is 5.56. The molecule has 0 aliphatic heterocycles. The fourth-order valence-electron chi connectivity index (χ4n) is 1.62. The van der Waals surface area contributed by atoms with Crippen LogP contribution in [0.5, 0.6) is 5.75 Å². The zero-order valence-corrected chi connectivity index (χ0v) is 12.1. The van der Waals surface area contributed by atoms with Crippen molar-refractivity contribution in [2.24, 2.45) is 11.8 Å². The van der Waals surface area contributed by atoms with E-state index >= 15 is 0 Å². The van der Waals surface area contributed by atoms with Crippen molar-refractivity contribution in [3.8, 4) is 5.75 Å². The molecule has 1 rings (SSSR count). The van der Waals surface area contributed by atoms with Crippen LogP contribution >= 0.6 is 0 Å². The second-order valence-corrected chi connectivity index (χ2v) is 5.37. The second-order valence-electron chi connectivity index (χ2n) is 5.37. The van der Waals surface area contributed by atoms with Gasteiger partial charge in [0.15, 0.2) is 0 Å². The maximum absolute atomic E-state index is 11.0. The molecule has 0 atom stereocenters. The van der Waals surface area contributed by atoms with Gasteiger partial charge in [-0.3, -0.25) is 4.79 Å². The number of hydrogen-bond donors (Lipinski definition) is 1. The number of carbonyl (C=O) groups excluding carboxylic acids is 1. The third-order valence-electron chi connectivity index (χ3n) is 2.65. The molecule has 0 saturated carbocycles. The average molecular weight is 258 g/mol. The molecule has 1 aromatic carbocycles. The lowest BCUT2D eigenvalue weighted by Crippen LogP contribution is -1.88. The van der Waals surface area contributed by atoms with E-state index in [9.17, 15) is 9.90 Å². The van der Waals surface area contributed by atoms with Crippen LogP contribution in [0.4, 0.5) is 0 Å². The van der Waals surface area contributed by atoms with Gasteiger partial charge in [0.1, 0.15) is 12.0 Å². The highest BCUT2D eigenvalue weighted by molar-refractivity contribution is 5.81. The van der Waals surface area contributed by atoms with Crippen LogP contribution in [0.2, 0.25) is 0 Å². The molecule has 0 fully saturated rings. The van der Waals surface area contributed by atoms with Gasteiger partial charge in [0.05, 0.1) is 0 Å². The molecule has 0 bridgehead atoms. The highest BCUT2D eigenvalue weighted by atomic mass is 16.3. The van der Waals surface area contributed by atoms with Crippen LogP contribution in [0.1, 0.15) is 49.2 Å². The van der Waals surface area contributed by atoms with E-state index in [2.05, 4.69) is 27.7 Å². The Hall–Kier alpha value is -1.83. The Labute approximate surface area is 115 Å². The van der Waals surface area contributed by atoms with Gasteiger partial charge in [-0.2, -0.15) is 0 Å². The summed E-state index contributed by atoms with van der Waals surface area (Å²) in [4.78, 5) is 11.0. The van der Waals surface area contributed by atoms with E-state index in [4.69, 9.17) is 0 Å². The van der Waals surface area contributed by atoms with E-state index in [1.807, 2.05) is 24.3 Å². The number of rotatable bonds is 5. The summed E-state index contributed by atoms with van der Waals surface area (Å²) in [7, 11) is 0. The first-order valence-electron chi connectivity index (χ1n) is 6.62. The number of benzene rings is 1. The summed E-state index contributed by atoms with van der Waals surface area (Å²) in [6.07, 6.45) is 8.53. The minimum Gasteiger partial charge on any atom is -0.507 e. The second kappa shape index (κ2) is 6.93. The first-order valence-corrected chi connectivity index (χ1v) is 6.62. The standard InChI is InChI=1S/C17H22O2/c1-12(2)5-7-15-9-14(11-18)10-16(17(15)19)8-6-13(3)4/h5-13,19H,1-4H3. The number of phenols is 1. The van der Waals surface area contributed by atoms with Gasteiger partial charge in [-0.1, -0.05) is 52.0 Å². The van der Waals surface area contributed by atoms with Crippen LogP contribution in [0.25, 0.3) is 12.2 Å². The molecule has 0 amide bonds. The Bertz CT molecular complexity index is 455. The normalized spacial score (nSPS) is 12.1. The molecule has 2 nitrogen and oxygen atoms in total. The van der Waals surface area contributed by atoms with Gasteiger partial charge in [-0.05, 0) is 24.0 Å². The SMILES string of the molecule is CC(C)C=Cc1cc(C=O)cc(C=CC(C)C)c1O. The molecule has 0 heterocycles. The Morgan fingerprint density at radius 3 is 1.68 bits per heavy atom. The molecule has 0 saturated heterocycles. The van der Waals surface area contributed by atoms with Crippen molar-refractivity contribution in [2.75, 3.05) is 0 Å². The lowest BCUT2D eigenvalue weighted by molar-refractivity contribution is 0.112. The lowest BCUT2D eigenvalue weighted by Gasteiger charge is -2.06. The van der Waals surface area contributed by atoms with E-state index < -0.39 is 0 Å². The Balaban J connectivity index is 3.24. The third kappa shape index (κ3) is 4.74. The monoisotopic (exact) mass is 258 g/mol. The number of allylic oxidation sites excluding steroid dienone is 2. The van der Waals surface area contributed by atoms with Crippen LogP contribution in [0.15, 0.2) is 24.3 Å². The fourth-order valence-corrected chi connectivity index (χ4v) is 1.62. The van der Waals surface area contributed by atoms with E-state index in [-0.39, 0.29) is 5.75 Å². The molecule has 1 aromatic rings. The minimum absolute atomic E-state index is 0.222. The molecule has 19 heavy (non-hydrogen) atoms. The number of aldehydes is 1. The van der Waals surface area contributed by atoms with Crippen LogP contribution in [-0.2, 0) is 0 Å². The van der Waals surface area contributed by atoms with Gasteiger partial charge < -0.3 is 5.11 Å². The molecule has 0 aliphatic carbocycles. The summed E-state index contributed by atoms with van der Waals surface area (Å²) in [5, 5.41) is 10.2. The number of phenolic OH excluding ortho intramolecular Hbond substituents is 1. The fraction of sp³-hybridized carbons (Fsp3) is 0.353. The Morgan fingerprint density at radius 1 is 0.947 bits per heavy atom. The lowest BCUT2D eigenvalue weighted by atomic mass is 10.0. The Morgan fingerprint density at radius 2 is 1.37 bits per heavy atom. The first-order chi connectivity index (χ1) is 8.93. The van der Waals surface area contributed by atoms with Gasteiger partial charge in [-0.15, -0.1) is 0 Å². The largest absolute Gasteiger partial charge is 0.507 e. The molecule has 0 aliphatic rings. The molecule has 0 radical (unpaired) electrons. The van der Waals surface area contributed by atoms with Crippen molar-refractivity contribution < 1.29 is 9.90 Å². The highest BCUT2D eigenvalue weighted by Gasteiger charge is 2.06. The molecule has 0 aromatic heterocycles. The summed E-state index contributed by atoms with van der Waals surface area (Å²) >= 11 is 0. The summed E-state index contributed by atoms with van der Waals surface area (Å²) in [6.45, 7) is 8.26. The van der Waals surface area contributed by atoms with Crippen molar-refractivity contribution >= 4 is 18.4 Å². The summed E-state index contributed by atoms with van der Waals surface area (Å²) < 4.78 is 0. The zero-order chi connectivity index (χ0) is 14.4. The highest BCUT2D eigenvalue weighted by Crippen LogP contribution is 2.27. The van der Waals surface area contributed by atoms with Crippen LogP contribution in [0, 0.1) is 11.8 Å². The van der Waals surface area contributed by atoms with Crippen molar-refractivity contribution in [3.63, 3.8) is 0 Å². The minimum atomic E-state index is 0.222. The van der Waals surface area contributed by atoms with Gasteiger partial charge in [0.25, 0.3) is 0 Å². The average Bonchev–Trinajstić information content (AvgIpc) is 2.35. The topological polar surface area (TPSA) is 37.3 Å². The molecular weight excluding hydrogens is 236 g/mol. The van der Waals surface area contributed by atoms with Crippen molar-refractivity contribution in [1.82, 2.24) is 0 Å². The molecule has 2 heteroatoms. The first kappa shape index (κ1) is 15.2. The van der Waals surface area contributed by atoms with Crippen LogP contribution in [0.3, 0.4) is 0 Å². The summed E-state index contributed by atoms with van der Waals surface area (Å²) in [5.74, 6) is 1.02. The third-order valence-corrected chi connectivity index (χ3v) is 2.65. The number of aromatic hydroxyl groups is 1. The van der Waals surface area contributed by atoms with Gasteiger partial charge in [-0.25, -0.2) is 0 Å². The molecule has 1 N–H and O–H groups in total. The molecular formula is C17H22O2. The maximum Gasteiger partial charge on any atom is 0.150 e. The van der Waals surface area contributed by atoms with Gasteiger partial charge in [0.2, 0.25) is 0 Å². The van der Waals surface area contributed by atoms with Crippen molar-refractivity contribution in [2.45, 2.75) is 27.7 Å². The summed E-state index contributed by atoms with van der Waals surface area (Å²) in [6, 6.07) is 3.40. The quantitative estimate of drug-likeness (QED) is 0.787. The van der Waals surface area contributed by atoms with Crippen molar-refractivity contribution in [3.05, 3.63) is 41.0 Å². The van der Waals surface area contributed by atoms with Crippen molar-refractivity contribution in [1.29, 1.82) is 0 Å². The molecule has 0 spiro atoms. The maximum atomic E-state index is 11.0. The summed E-state index contributed by atoms with van der Waals surface area (Å²) in [5.41, 5.74) is 1.94. The zero-order valence-electron chi connectivity index (χ0n) is 12.1. The van der Waals surface area contributed by atoms with Crippen LogP contribution < -0.4 is 0 Å². The smallest absolute Gasteiger partial charge is 0.150 e. The molecule has 0 unspecified atom stereocenters. The van der Waals surface area contributed by atoms with E-state index in [1.54, 1.807) is 12.1 Å². The van der Waals surface area contributed by atoms with E-state index in [0.717, 1.165) is 6.29 Å². The van der Waals surface area contributed by atoms with Gasteiger partial charge >= 0.3 is 0 Å². The predicted molar refractivity (Wildman–Crippen MR) is 81.2 cm³/mol. The van der Waals surface area contributed by atoms with E-state index in [1.165, 1.54) is 0 Å². The predicted octanol–water partition coefficient (Wildman–Crippen LogP) is 4.54. The number of carbonyl (C=O) groups is 1. The molecule has 102 valence electrons. The van der Waals surface area contributed by atoms with E-state index in [0.29, 0.717) is 28.5 Å².